The van der Waals surface area contributed by atoms with E-state index in [0.29, 0.717) is 12.0 Å². The molecule has 2 aromatic rings. The smallest absolute Gasteiger partial charge is 0.255 e. The molecule has 2 amide bonds. The van der Waals surface area contributed by atoms with Crippen molar-refractivity contribution in [1.82, 2.24) is 0 Å². The van der Waals surface area contributed by atoms with Crippen LogP contribution in [0.5, 0.6) is 0 Å². The molecule has 3 rings (SSSR count). The summed E-state index contributed by atoms with van der Waals surface area (Å²) in [6.07, 6.45) is 1.50. The highest BCUT2D eigenvalue weighted by molar-refractivity contribution is 6.05. The number of aryl methyl sites for hydroxylation is 2. The van der Waals surface area contributed by atoms with Crippen LogP contribution in [0.4, 0.5) is 11.4 Å². The fraction of sp³-hybridized carbons (Fsp3) is 0.263. The van der Waals surface area contributed by atoms with Gasteiger partial charge in [0.2, 0.25) is 5.91 Å². The van der Waals surface area contributed by atoms with Gasteiger partial charge in [0.1, 0.15) is 0 Å². The first-order valence-electron chi connectivity index (χ1n) is 7.83. The third kappa shape index (κ3) is 3.26. The van der Waals surface area contributed by atoms with Gasteiger partial charge in [0.05, 0.1) is 0 Å². The van der Waals surface area contributed by atoms with E-state index in [9.17, 15) is 9.59 Å². The van der Waals surface area contributed by atoms with Gasteiger partial charge >= 0.3 is 0 Å². The van der Waals surface area contributed by atoms with Crippen molar-refractivity contribution in [2.45, 2.75) is 26.7 Å². The molecule has 0 radical (unpaired) electrons. The molecule has 4 nitrogen and oxygen atoms in total. The number of amides is 2. The molecule has 1 saturated heterocycles. The summed E-state index contributed by atoms with van der Waals surface area (Å²) in [5.41, 5.74) is 4.41. The zero-order valence-electron chi connectivity index (χ0n) is 13.4. The standard InChI is InChI=1S/C19H20N2O2/c1-13-5-6-14(2)17(12-13)20-19(23)15-7-9-16(10-8-15)21-11-3-4-18(21)22/h5-10,12H,3-4,11H2,1-2H3,(H,20,23). The summed E-state index contributed by atoms with van der Waals surface area (Å²) in [5, 5.41) is 2.95. The van der Waals surface area contributed by atoms with Crippen LogP contribution >= 0.6 is 0 Å². The van der Waals surface area contributed by atoms with Crippen molar-refractivity contribution < 1.29 is 9.59 Å². The molecule has 0 unspecified atom stereocenters. The minimum absolute atomic E-state index is 0.141. The van der Waals surface area contributed by atoms with Crippen LogP contribution < -0.4 is 10.2 Å². The summed E-state index contributed by atoms with van der Waals surface area (Å²) in [6, 6.07) is 13.2. The van der Waals surface area contributed by atoms with Crippen LogP contribution in [0.15, 0.2) is 42.5 Å². The van der Waals surface area contributed by atoms with Crippen LogP contribution in [0.2, 0.25) is 0 Å². The maximum atomic E-state index is 12.4. The summed E-state index contributed by atoms with van der Waals surface area (Å²) in [4.78, 5) is 25.9. The van der Waals surface area contributed by atoms with E-state index in [1.54, 1.807) is 17.0 Å². The van der Waals surface area contributed by atoms with E-state index in [4.69, 9.17) is 0 Å². The Balaban J connectivity index is 1.75. The maximum Gasteiger partial charge on any atom is 0.255 e. The topological polar surface area (TPSA) is 49.4 Å². The van der Waals surface area contributed by atoms with Crippen molar-refractivity contribution in [3.8, 4) is 0 Å². The van der Waals surface area contributed by atoms with Crippen LogP contribution in [0.3, 0.4) is 0 Å². The number of benzene rings is 2. The van der Waals surface area contributed by atoms with E-state index in [0.717, 1.165) is 35.5 Å². The molecular weight excluding hydrogens is 288 g/mol. The molecule has 1 aliphatic rings. The molecule has 0 spiro atoms. The van der Waals surface area contributed by atoms with Crippen LogP contribution in [-0.2, 0) is 4.79 Å². The molecule has 4 heteroatoms. The lowest BCUT2D eigenvalue weighted by molar-refractivity contribution is -0.117. The van der Waals surface area contributed by atoms with Crippen molar-refractivity contribution in [3.05, 3.63) is 59.2 Å². The van der Waals surface area contributed by atoms with E-state index in [2.05, 4.69) is 5.32 Å². The predicted molar refractivity (Wildman–Crippen MR) is 91.9 cm³/mol. The van der Waals surface area contributed by atoms with Crippen molar-refractivity contribution in [3.63, 3.8) is 0 Å². The first-order chi connectivity index (χ1) is 11.0. The summed E-state index contributed by atoms with van der Waals surface area (Å²) in [6.45, 7) is 4.72. The molecule has 0 bridgehead atoms. The molecule has 0 atom stereocenters. The number of carbonyl (C=O) groups is 2. The molecular formula is C19H20N2O2. The fourth-order valence-corrected chi connectivity index (χ4v) is 2.78. The highest BCUT2D eigenvalue weighted by Crippen LogP contribution is 2.22. The largest absolute Gasteiger partial charge is 0.322 e. The van der Waals surface area contributed by atoms with E-state index in [1.165, 1.54) is 0 Å². The number of anilines is 2. The monoisotopic (exact) mass is 308 g/mol. The third-order valence-electron chi connectivity index (χ3n) is 4.16. The van der Waals surface area contributed by atoms with Gasteiger partial charge in [0.15, 0.2) is 0 Å². The average Bonchev–Trinajstić information content (AvgIpc) is 2.97. The molecule has 1 heterocycles. The Hall–Kier alpha value is -2.62. The van der Waals surface area contributed by atoms with Crippen LogP contribution in [-0.4, -0.2) is 18.4 Å². The van der Waals surface area contributed by atoms with Gasteiger partial charge in [-0.05, 0) is 61.7 Å². The molecule has 0 saturated carbocycles. The second-order valence-corrected chi connectivity index (χ2v) is 5.97. The van der Waals surface area contributed by atoms with Gasteiger partial charge in [-0.3, -0.25) is 9.59 Å². The Bertz CT molecular complexity index is 750. The van der Waals surface area contributed by atoms with Gasteiger partial charge in [-0.25, -0.2) is 0 Å². The van der Waals surface area contributed by atoms with Crippen molar-refractivity contribution in [2.75, 3.05) is 16.8 Å². The molecule has 1 N–H and O–H groups in total. The number of nitrogens with one attached hydrogen (secondary N) is 1. The summed E-state index contributed by atoms with van der Waals surface area (Å²) >= 11 is 0. The molecule has 2 aromatic carbocycles. The number of carbonyl (C=O) groups excluding carboxylic acids is 2. The van der Waals surface area contributed by atoms with E-state index >= 15 is 0 Å². The Morgan fingerprint density at radius 1 is 1.09 bits per heavy atom. The zero-order valence-corrected chi connectivity index (χ0v) is 13.4. The number of hydrogen-bond acceptors (Lipinski definition) is 2. The fourth-order valence-electron chi connectivity index (χ4n) is 2.78. The summed E-state index contributed by atoms with van der Waals surface area (Å²) in [7, 11) is 0. The second-order valence-electron chi connectivity index (χ2n) is 5.97. The number of rotatable bonds is 3. The van der Waals surface area contributed by atoms with Gasteiger partial charge in [0.25, 0.3) is 5.91 Å². The number of nitrogens with zero attached hydrogens (tertiary/aromatic N) is 1. The molecule has 118 valence electrons. The Labute approximate surface area is 136 Å². The molecule has 1 aliphatic heterocycles. The van der Waals surface area contributed by atoms with Gasteiger partial charge in [-0.15, -0.1) is 0 Å². The quantitative estimate of drug-likeness (QED) is 0.940. The van der Waals surface area contributed by atoms with E-state index in [-0.39, 0.29) is 11.8 Å². The average molecular weight is 308 g/mol. The highest BCUT2D eigenvalue weighted by atomic mass is 16.2. The minimum atomic E-state index is -0.141. The molecule has 0 aromatic heterocycles. The second kappa shape index (κ2) is 6.24. The zero-order chi connectivity index (χ0) is 16.4. The van der Waals surface area contributed by atoms with Crippen molar-refractivity contribution in [2.24, 2.45) is 0 Å². The van der Waals surface area contributed by atoms with Gasteiger partial charge in [-0.1, -0.05) is 12.1 Å². The lowest BCUT2D eigenvalue weighted by atomic mass is 10.1. The van der Waals surface area contributed by atoms with E-state index in [1.807, 2.05) is 44.2 Å². The van der Waals surface area contributed by atoms with Gasteiger partial charge in [0, 0.05) is 29.9 Å². The summed E-state index contributed by atoms with van der Waals surface area (Å²) < 4.78 is 0. The van der Waals surface area contributed by atoms with Gasteiger partial charge < -0.3 is 10.2 Å². The first kappa shape index (κ1) is 15.3. The maximum absolute atomic E-state index is 12.4. The molecule has 23 heavy (non-hydrogen) atoms. The molecule has 1 fully saturated rings. The Morgan fingerprint density at radius 3 is 2.48 bits per heavy atom. The van der Waals surface area contributed by atoms with Crippen LogP contribution in [0.1, 0.15) is 34.3 Å². The molecule has 0 aliphatic carbocycles. The predicted octanol–water partition coefficient (Wildman–Crippen LogP) is 3.68. The normalized spacial score (nSPS) is 14.2. The lowest BCUT2D eigenvalue weighted by Gasteiger charge is -2.16. The highest BCUT2D eigenvalue weighted by Gasteiger charge is 2.21. The number of hydrogen-bond donors (Lipinski definition) is 1. The third-order valence-corrected chi connectivity index (χ3v) is 4.16. The lowest BCUT2D eigenvalue weighted by Crippen LogP contribution is -2.23. The van der Waals surface area contributed by atoms with Crippen molar-refractivity contribution in [1.29, 1.82) is 0 Å². The first-order valence-corrected chi connectivity index (χ1v) is 7.83. The van der Waals surface area contributed by atoms with Crippen molar-refractivity contribution >= 4 is 23.2 Å². The minimum Gasteiger partial charge on any atom is -0.322 e. The Kier molecular flexibility index (Phi) is 4.15. The van der Waals surface area contributed by atoms with Crippen LogP contribution in [0, 0.1) is 13.8 Å². The SMILES string of the molecule is Cc1ccc(C)c(NC(=O)c2ccc(N3CCCC3=O)cc2)c1. The van der Waals surface area contributed by atoms with Crippen LogP contribution in [0.25, 0.3) is 0 Å². The van der Waals surface area contributed by atoms with Gasteiger partial charge in [-0.2, -0.15) is 0 Å². The summed E-state index contributed by atoms with van der Waals surface area (Å²) in [5.74, 6) is 0.00980. The van der Waals surface area contributed by atoms with E-state index < -0.39 is 0 Å². The Morgan fingerprint density at radius 2 is 1.83 bits per heavy atom.